The van der Waals surface area contributed by atoms with Crippen LogP contribution in [0.15, 0.2) is 77.4 Å². The maximum atomic E-state index is 5.97. The normalized spacial score (nSPS) is 13.6. The Hall–Kier alpha value is -2.03. The summed E-state index contributed by atoms with van der Waals surface area (Å²) in [5, 5.41) is 3.16. The number of hydrogen-bond donors (Lipinski definition) is 1. The minimum Gasteiger partial charge on any atom is -0.469 e. The number of halogens is 1. The molecule has 0 aliphatic carbocycles. The number of furan rings is 1. The van der Waals surface area contributed by atoms with Gasteiger partial charge in [-0.05, 0) is 36.8 Å². The van der Waals surface area contributed by atoms with Crippen molar-refractivity contribution in [3.8, 4) is 0 Å². The first-order chi connectivity index (χ1) is 11.7. The van der Waals surface area contributed by atoms with Gasteiger partial charge in [-0.15, -0.1) is 0 Å². The van der Waals surface area contributed by atoms with Gasteiger partial charge in [-0.25, -0.2) is 0 Å². The highest BCUT2D eigenvalue weighted by Gasteiger charge is 2.18. The highest BCUT2D eigenvalue weighted by molar-refractivity contribution is 6.30. The number of benzene rings is 2. The minimum absolute atomic E-state index is 0.301. The molecule has 1 aromatic heterocycles. The molecule has 0 fully saturated rings. The molecule has 3 aromatic rings. The largest absolute Gasteiger partial charge is 0.469 e. The van der Waals surface area contributed by atoms with Gasteiger partial charge in [0.15, 0.2) is 0 Å². The molecule has 0 aliphatic rings. The van der Waals surface area contributed by atoms with Crippen LogP contribution in [0.3, 0.4) is 0 Å². The minimum atomic E-state index is 0.301. The molecule has 0 spiro atoms. The van der Waals surface area contributed by atoms with E-state index in [-0.39, 0.29) is 0 Å². The Labute approximate surface area is 148 Å². The van der Waals surface area contributed by atoms with Crippen molar-refractivity contribution in [2.75, 3.05) is 6.54 Å². The monoisotopic (exact) mass is 340 g/mol. The predicted octanol–water partition coefficient (Wildman–Crippen LogP) is 4.78. The molecular weight excluding hydrogens is 318 g/mol. The van der Waals surface area contributed by atoms with E-state index in [1.165, 1.54) is 11.1 Å². The van der Waals surface area contributed by atoms with E-state index in [1.54, 1.807) is 6.26 Å². The van der Waals surface area contributed by atoms with Gasteiger partial charge in [0.2, 0.25) is 0 Å². The van der Waals surface area contributed by atoms with E-state index in [0.717, 1.165) is 23.7 Å². The molecule has 0 aliphatic heterocycles. The standard InChI is InChI=1S/C21H22ClNO/c1-16(17-9-11-19(22)12-10-17)23-14-13-20(21-8-5-15-24-21)18-6-3-2-4-7-18/h2-12,15-16,20,23H,13-14H2,1H3/p+1/t16-,20+/m0/s1. The Bertz CT molecular complexity index is 722. The Morgan fingerprint density at radius 1 is 0.917 bits per heavy atom. The summed E-state index contributed by atoms with van der Waals surface area (Å²) in [6.45, 7) is 3.26. The van der Waals surface area contributed by atoms with Crippen LogP contribution < -0.4 is 5.32 Å². The van der Waals surface area contributed by atoms with Gasteiger partial charge in [-0.1, -0.05) is 54.1 Å². The summed E-state index contributed by atoms with van der Waals surface area (Å²) in [5.74, 6) is 1.34. The molecule has 2 atom stereocenters. The Kier molecular flexibility index (Phi) is 5.73. The van der Waals surface area contributed by atoms with Crippen molar-refractivity contribution in [1.29, 1.82) is 0 Å². The fraction of sp³-hybridized carbons (Fsp3) is 0.238. The van der Waals surface area contributed by atoms with Crippen molar-refractivity contribution in [3.05, 3.63) is 94.9 Å². The second-order valence-electron chi connectivity index (χ2n) is 6.13. The second kappa shape index (κ2) is 8.18. The van der Waals surface area contributed by atoms with Crippen LogP contribution in [-0.2, 0) is 0 Å². The summed E-state index contributed by atoms with van der Waals surface area (Å²) < 4.78 is 5.68. The van der Waals surface area contributed by atoms with Crippen molar-refractivity contribution in [2.45, 2.75) is 25.3 Å². The maximum Gasteiger partial charge on any atom is 0.111 e. The highest BCUT2D eigenvalue weighted by atomic mass is 35.5. The van der Waals surface area contributed by atoms with Crippen molar-refractivity contribution in [3.63, 3.8) is 0 Å². The van der Waals surface area contributed by atoms with E-state index in [2.05, 4.69) is 60.8 Å². The third kappa shape index (κ3) is 4.28. The van der Waals surface area contributed by atoms with Crippen LogP contribution in [-0.4, -0.2) is 6.54 Å². The molecule has 0 radical (unpaired) electrons. The number of nitrogens with two attached hydrogens (primary N) is 1. The smallest absolute Gasteiger partial charge is 0.111 e. The van der Waals surface area contributed by atoms with E-state index in [0.29, 0.717) is 12.0 Å². The summed E-state index contributed by atoms with van der Waals surface area (Å²) in [6, 6.07) is 23.1. The molecule has 2 nitrogen and oxygen atoms in total. The molecule has 124 valence electrons. The lowest BCUT2D eigenvalue weighted by molar-refractivity contribution is -0.693. The molecular formula is C21H23ClNO+. The van der Waals surface area contributed by atoms with Crippen LogP contribution in [0.5, 0.6) is 0 Å². The molecule has 0 saturated carbocycles. The van der Waals surface area contributed by atoms with E-state index >= 15 is 0 Å². The first-order valence-electron chi connectivity index (χ1n) is 8.41. The zero-order valence-electron chi connectivity index (χ0n) is 13.9. The molecule has 0 bridgehead atoms. The lowest BCUT2D eigenvalue weighted by Crippen LogP contribution is -2.84. The lowest BCUT2D eigenvalue weighted by atomic mass is 9.93. The van der Waals surface area contributed by atoms with E-state index in [9.17, 15) is 0 Å². The summed E-state index contributed by atoms with van der Waals surface area (Å²) in [6.07, 6.45) is 2.79. The molecule has 0 amide bonds. The topological polar surface area (TPSA) is 29.8 Å². The summed E-state index contributed by atoms with van der Waals surface area (Å²) in [5.41, 5.74) is 2.61. The fourth-order valence-electron chi connectivity index (χ4n) is 3.06. The predicted molar refractivity (Wildman–Crippen MR) is 98.3 cm³/mol. The fourth-order valence-corrected chi connectivity index (χ4v) is 3.19. The van der Waals surface area contributed by atoms with Gasteiger partial charge in [-0.2, -0.15) is 0 Å². The molecule has 2 aromatic carbocycles. The summed E-state index contributed by atoms with van der Waals surface area (Å²) in [7, 11) is 0. The van der Waals surface area contributed by atoms with Gasteiger partial charge in [0.05, 0.1) is 12.8 Å². The quantitative estimate of drug-likeness (QED) is 0.659. The molecule has 3 heteroatoms. The molecule has 1 heterocycles. The summed E-state index contributed by atoms with van der Waals surface area (Å²) >= 11 is 5.97. The lowest BCUT2D eigenvalue weighted by Gasteiger charge is -2.16. The number of rotatable bonds is 7. The first kappa shape index (κ1) is 16.8. The molecule has 2 N–H and O–H groups in total. The average molecular weight is 341 g/mol. The van der Waals surface area contributed by atoms with Crippen LogP contribution in [0.4, 0.5) is 0 Å². The number of hydrogen-bond acceptors (Lipinski definition) is 1. The van der Waals surface area contributed by atoms with Gasteiger partial charge < -0.3 is 9.73 Å². The highest BCUT2D eigenvalue weighted by Crippen LogP contribution is 2.27. The Morgan fingerprint density at radius 2 is 1.67 bits per heavy atom. The molecule has 24 heavy (non-hydrogen) atoms. The third-order valence-corrected chi connectivity index (χ3v) is 4.71. The van der Waals surface area contributed by atoms with Gasteiger partial charge in [0.1, 0.15) is 11.8 Å². The van der Waals surface area contributed by atoms with Crippen molar-refractivity contribution < 1.29 is 9.73 Å². The van der Waals surface area contributed by atoms with Crippen LogP contribution in [0.1, 0.15) is 42.2 Å². The van der Waals surface area contributed by atoms with Crippen molar-refractivity contribution in [1.82, 2.24) is 0 Å². The number of quaternary nitrogens is 1. The zero-order chi connectivity index (χ0) is 16.8. The van der Waals surface area contributed by atoms with Crippen LogP contribution in [0, 0.1) is 0 Å². The van der Waals surface area contributed by atoms with E-state index in [1.807, 2.05) is 18.2 Å². The maximum absolute atomic E-state index is 5.97. The molecule has 0 unspecified atom stereocenters. The molecule has 3 rings (SSSR count). The van der Waals surface area contributed by atoms with Crippen LogP contribution >= 0.6 is 11.6 Å². The van der Waals surface area contributed by atoms with E-state index < -0.39 is 0 Å². The Balaban J connectivity index is 1.63. The summed E-state index contributed by atoms with van der Waals surface area (Å²) in [4.78, 5) is 0. The zero-order valence-corrected chi connectivity index (χ0v) is 14.6. The van der Waals surface area contributed by atoms with Gasteiger partial charge in [-0.3, -0.25) is 0 Å². The first-order valence-corrected chi connectivity index (χ1v) is 8.79. The van der Waals surface area contributed by atoms with E-state index in [4.69, 9.17) is 16.0 Å². The van der Waals surface area contributed by atoms with Crippen molar-refractivity contribution in [2.24, 2.45) is 0 Å². The SMILES string of the molecule is C[C@H]([NH2+]CC[C@H](c1ccccc1)c1ccco1)c1ccc(Cl)cc1. The molecule has 0 saturated heterocycles. The van der Waals surface area contributed by atoms with Crippen molar-refractivity contribution >= 4 is 11.6 Å². The van der Waals surface area contributed by atoms with Gasteiger partial charge in [0.25, 0.3) is 0 Å². The second-order valence-corrected chi connectivity index (χ2v) is 6.57. The van der Waals surface area contributed by atoms with Crippen LogP contribution in [0.25, 0.3) is 0 Å². The average Bonchev–Trinajstić information content (AvgIpc) is 3.14. The van der Waals surface area contributed by atoms with Crippen LogP contribution in [0.2, 0.25) is 5.02 Å². The Morgan fingerprint density at radius 3 is 2.33 bits per heavy atom. The van der Waals surface area contributed by atoms with Gasteiger partial charge in [0, 0.05) is 22.9 Å². The van der Waals surface area contributed by atoms with Gasteiger partial charge >= 0.3 is 0 Å². The third-order valence-electron chi connectivity index (χ3n) is 4.46.